The summed E-state index contributed by atoms with van der Waals surface area (Å²) in [6, 6.07) is 12.6. The van der Waals surface area contributed by atoms with E-state index in [0.29, 0.717) is 6.42 Å². The van der Waals surface area contributed by atoms with Crippen LogP contribution in [0.2, 0.25) is 0 Å². The lowest BCUT2D eigenvalue weighted by molar-refractivity contribution is 0.179. The Morgan fingerprint density at radius 1 is 1.22 bits per heavy atom. The fourth-order valence-corrected chi connectivity index (χ4v) is 3.15. The van der Waals surface area contributed by atoms with Gasteiger partial charge in [0.05, 0.1) is 18.1 Å². The minimum absolute atomic E-state index is 0.0342. The van der Waals surface area contributed by atoms with Crippen LogP contribution in [0.25, 0.3) is 0 Å². The number of hydrogen-bond donors (Lipinski definition) is 2. The number of aliphatic hydroxyl groups excluding tert-OH is 1. The van der Waals surface area contributed by atoms with Crippen molar-refractivity contribution in [2.45, 2.75) is 17.4 Å². The molecule has 0 radical (unpaired) electrons. The van der Waals surface area contributed by atoms with E-state index in [2.05, 4.69) is 4.72 Å². The molecular formula is C16H18FNO4S. The van der Waals surface area contributed by atoms with Gasteiger partial charge in [-0.1, -0.05) is 30.3 Å². The van der Waals surface area contributed by atoms with E-state index in [0.717, 1.165) is 11.6 Å². The maximum absolute atomic E-state index is 13.6. The molecule has 1 unspecified atom stereocenters. The van der Waals surface area contributed by atoms with Gasteiger partial charge in [0, 0.05) is 6.54 Å². The van der Waals surface area contributed by atoms with Crippen LogP contribution in [0.1, 0.15) is 5.56 Å². The first-order valence-electron chi connectivity index (χ1n) is 6.97. The van der Waals surface area contributed by atoms with Crippen molar-refractivity contribution in [1.29, 1.82) is 0 Å². The van der Waals surface area contributed by atoms with E-state index < -0.39 is 21.9 Å². The third-order valence-corrected chi connectivity index (χ3v) is 4.68. The molecule has 0 fully saturated rings. The van der Waals surface area contributed by atoms with E-state index >= 15 is 0 Å². The molecule has 2 rings (SSSR count). The molecule has 0 aromatic heterocycles. The highest BCUT2D eigenvalue weighted by Crippen LogP contribution is 2.20. The van der Waals surface area contributed by atoms with Crippen LogP contribution in [0.15, 0.2) is 53.4 Å². The van der Waals surface area contributed by atoms with E-state index in [1.807, 2.05) is 30.3 Å². The SMILES string of the molecule is COc1ccc(S(=O)(=O)NCC(O)Cc2ccccc2)cc1F. The summed E-state index contributed by atoms with van der Waals surface area (Å²) in [4.78, 5) is -0.220. The van der Waals surface area contributed by atoms with E-state index in [9.17, 15) is 17.9 Å². The van der Waals surface area contributed by atoms with E-state index in [1.54, 1.807) is 0 Å². The fourth-order valence-electron chi connectivity index (χ4n) is 2.06. The predicted octanol–water partition coefficient (Wildman–Crippen LogP) is 1.72. The van der Waals surface area contributed by atoms with Crippen LogP contribution in [0.5, 0.6) is 5.75 Å². The van der Waals surface area contributed by atoms with Crippen molar-refractivity contribution in [3.05, 3.63) is 59.9 Å². The number of benzene rings is 2. The van der Waals surface area contributed by atoms with Gasteiger partial charge in [0.1, 0.15) is 0 Å². The molecule has 0 saturated heterocycles. The number of rotatable bonds is 7. The van der Waals surface area contributed by atoms with Crippen molar-refractivity contribution < 1.29 is 22.7 Å². The standard InChI is InChI=1S/C16H18FNO4S/c1-22-16-8-7-14(10-15(16)17)23(20,21)18-11-13(19)9-12-5-3-2-4-6-12/h2-8,10,13,18-19H,9,11H2,1H3. The number of nitrogens with one attached hydrogen (secondary N) is 1. The van der Waals surface area contributed by atoms with Crippen molar-refractivity contribution in [3.8, 4) is 5.75 Å². The van der Waals surface area contributed by atoms with Crippen LogP contribution in [0.4, 0.5) is 4.39 Å². The summed E-state index contributed by atoms with van der Waals surface area (Å²) >= 11 is 0. The van der Waals surface area contributed by atoms with E-state index in [1.165, 1.54) is 19.2 Å². The molecule has 0 aliphatic rings. The number of methoxy groups -OCH3 is 1. The van der Waals surface area contributed by atoms with Gasteiger partial charge in [-0.2, -0.15) is 0 Å². The highest BCUT2D eigenvalue weighted by molar-refractivity contribution is 7.89. The molecule has 124 valence electrons. The van der Waals surface area contributed by atoms with Crippen LogP contribution < -0.4 is 9.46 Å². The second-order valence-electron chi connectivity index (χ2n) is 4.99. The maximum atomic E-state index is 13.6. The number of hydrogen-bond acceptors (Lipinski definition) is 4. The van der Waals surface area contributed by atoms with Crippen molar-refractivity contribution in [2.24, 2.45) is 0 Å². The molecule has 0 amide bonds. The molecule has 2 aromatic carbocycles. The van der Waals surface area contributed by atoms with Crippen molar-refractivity contribution in [2.75, 3.05) is 13.7 Å². The molecule has 0 spiro atoms. The zero-order valence-corrected chi connectivity index (χ0v) is 13.4. The Balaban J connectivity index is 1.99. The largest absolute Gasteiger partial charge is 0.494 e. The monoisotopic (exact) mass is 339 g/mol. The quantitative estimate of drug-likeness (QED) is 0.805. The Hall–Kier alpha value is -1.96. The molecule has 2 aromatic rings. The Labute approximate surface area is 134 Å². The first kappa shape index (κ1) is 17.4. The van der Waals surface area contributed by atoms with Gasteiger partial charge in [-0.3, -0.25) is 0 Å². The number of ether oxygens (including phenoxy) is 1. The Bertz CT molecular complexity index is 750. The van der Waals surface area contributed by atoms with Gasteiger partial charge < -0.3 is 9.84 Å². The predicted molar refractivity (Wildman–Crippen MR) is 84.3 cm³/mol. The van der Waals surface area contributed by atoms with E-state index in [4.69, 9.17) is 4.74 Å². The zero-order chi connectivity index (χ0) is 16.9. The molecule has 7 heteroatoms. The summed E-state index contributed by atoms with van der Waals surface area (Å²) in [6.07, 6.45) is -0.560. The van der Waals surface area contributed by atoms with Crippen molar-refractivity contribution in [3.63, 3.8) is 0 Å². The van der Waals surface area contributed by atoms with Gasteiger partial charge in [0.2, 0.25) is 10.0 Å². The average Bonchev–Trinajstić information content (AvgIpc) is 2.54. The molecule has 5 nitrogen and oxygen atoms in total. The number of aliphatic hydroxyl groups is 1. The van der Waals surface area contributed by atoms with Crippen LogP contribution in [-0.4, -0.2) is 33.3 Å². The lowest BCUT2D eigenvalue weighted by atomic mass is 10.1. The van der Waals surface area contributed by atoms with Gasteiger partial charge in [0.25, 0.3) is 0 Å². The number of halogens is 1. The molecule has 0 saturated carbocycles. The molecule has 0 heterocycles. The Kier molecular flexibility index (Phi) is 5.70. The summed E-state index contributed by atoms with van der Waals surface area (Å²) in [6.45, 7) is -0.162. The van der Waals surface area contributed by atoms with Gasteiger partial charge in [0.15, 0.2) is 11.6 Å². The molecule has 0 aliphatic heterocycles. The normalized spacial score (nSPS) is 12.8. The van der Waals surface area contributed by atoms with Crippen molar-refractivity contribution in [1.82, 2.24) is 4.72 Å². The second-order valence-corrected chi connectivity index (χ2v) is 6.76. The molecule has 23 heavy (non-hydrogen) atoms. The van der Waals surface area contributed by atoms with Crippen molar-refractivity contribution >= 4 is 10.0 Å². The van der Waals surface area contributed by atoms with Crippen LogP contribution in [-0.2, 0) is 16.4 Å². The highest BCUT2D eigenvalue weighted by Gasteiger charge is 2.18. The highest BCUT2D eigenvalue weighted by atomic mass is 32.2. The Morgan fingerprint density at radius 3 is 2.52 bits per heavy atom. The van der Waals surface area contributed by atoms with Gasteiger partial charge >= 0.3 is 0 Å². The first-order chi connectivity index (χ1) is 10.9. The van der Waals surface area contributed by atoms with E-state index in [-0.39, 0.29) is 17.2 Å². The zero-order valence-electron chi connectivity index (χ0n) is 12.6. The molecule has 0 aliphatic carbocycles. The summed E-state index contributed by atoms with van der Waals surface area (Å²) in [5.74, 6) is -0.798. The number of sulfonamides is 1. The molecule has 1 atom stereocenters. The molecular weight excluding hydrogens is 321 g/mol. The van der Waals surface area contributed by atoms with Gasteiger partial charge in [-0.05, 0) is 30.2 Å². The van der Waals surface area contributed by atoms with Gasteiger partial charge in [-0.15, -0.1) is 0 Å². The summed E-state index contributed by atoms with van der Waals surface area (Å²) in [5.41, 5.74) is 0.898. The smallest absolute Gasteiger partial charge is 0.240 e. The van der Waals surface area contributed by atoms with Crippen LogP contribution in [0.3, 0.4) is 0 Å². The fraction of sp³-hybridized carbons (Fsp3) is 0.250. The summed E-state index contributed by atoms with van der Waals surface area (Å²) in [5, 5.41) is 9.93. The molecule has 2 N–H and O–H groups in total. The van der Waals surface area contributed by atoms with Crippen LogP contribution >= 0.6 is 0 Å². The van der Waals surface area contributed by atoms with Crippen LogP contribution in [0, 0.1) is 5.82 Å². The minimum Gasteiger partial charge on any atom is -0.494 e. The van der Waals surface area contributed by atoms with Gasteiger partial charge in [-0.25, -0.2) is 17.5 Å². The minimum atomic E-state index is -3.90. The second kappa shape index (κ2) is 7.54. The summed E-state index contributed by atoms with van der Waals surface area (Å²) in [7, 11) is -2.60. The lowest BCUT2D eigenvalue weighted by Crippen LogP contribution is -2.33. The summed E-state index contributed by atoms with van der Waals surface area (Å²) < 4.78 is 44.8. The average molecular weight is 339 g/mol. The first-order valence-corrected chi connectivity index (χ1v) is 8.46. The third-order valence-electron chi connectivity index (χ3n) is 3.26. The Morgan fingerprint density at radius 2 is 1.91 bits per heavy atom. The third kappa shape index (κ3) is 4.75. The topological polar surface area (TPSA) is 75.6 Å². The molecule has 0 bridgehead atoms. The lowest BCUT2D eigenvalue weighted by Gasteiger charge is -2.13. The maximum Gasteiger partial charge on any atom is 0.240 e.